The highest BCUT2D eigenvalue weighted by molar-refractivity contribution is 5.20. The van der Waals surface area contributed by atoms with E-state index in [-0.39, 0.29) is 11.9 Å². The molecule has 2 nitrogen and oxygen atoms in total. The molecule has 0 amide bonds. The van der Waals surface area contributed by atoms with Crippen molar-refractivity contribution in [1.82, 2.24) is 0 Å². The lowest BCUT2D eigenvalue weighted by Gasteiger charge is -2.56. The number of benzene rings is 1. The molecule has 0 radical (unpaired) electrons. The molecule has 1 aromatic carbocycles. The standard InChI is InChI=1S/C20H28O2/c1-14-3-5-16(6-4-14)13-21-15(2)22-20-10-17-7-18(11-20)9-19(8-17)12-20/h3-6,15,17-19H,7-13H2,1-2H3. The molecule has 2 heteroatoms. The third kappa shape index (κ3) is 2.96. The van der Waals surface area contributed by atoms with Gasteiger partial charge in [0.15, 0.2) is 6.29 Å². The van der Waals surface area contributed by atoms with E-state index in [4.69, 9.17) is 9.47 Å². The second-order valence-corrected chi connectivity index (χ2v) is 8.08. The predicted octanol–water partition coefficient (Wildman–Crippen LogP) is 4.84. The van der Waals surface area contributed by atoms with Gasteiger partial charge in [0.05, 0.1) is 12.2 Å². The van der Waals surface area contributed by atoms with E-state index in [1.807, 2.05) is 0 Å². The predicted molar refractivity (Wildman–Crippen MR) is 87.4 cm³/mol. The highest BCUT2D eigenvalue weighted by Crippen LogP contribution is 2.57. The molecular weight excluding hydrogens is 272 g/mol. The summed E-state index contributed by atoms with van der Waals surface area (Å²) in [5.74, 6) is 2.78. The normalized spacial score (nSPS) is 37.5. The minimum atomic E-state index is -0.0995. The molecule has 4 aliphatic rings. The molecule has 4 aliphatic carbocycles. The van der Waals surface area contributed by atoms with Crippen molar-refractivity contribution in [3.8, 4) is 0 Å². The summed E-state index contributed by atoms with van der Waals surface area (Å²) in [5.41, 5.74) is 2.66. The molecule has 4 fully saturated rings. The van der Waals surface area contributed by atoms with Gasteiger partial charge in [0.1, 0.15) is 0 Å². The van der Waals surface area contributed by atoms with Gasteiger partial charge >= 0.3 is 0 Å². The Morgan fingerprint density at radius 1 is 1.00 bits per heavy atom. The third-order valence-electron chi connectivity index (χ3n) is 6.00. The van der Waals surface area contributed by atoms with Gasteiger partial charge in [-0.2, -0.15) is 0 Å². The summed E-state index contributed by atoms with van der Waals surface area (Å²) in [4.78, 5) is 0. The van der Waals surface area contributed by atoms with Crippen LogP contribution in [0.4, 0.5) is 0 Å². The van der Waals surface area contributed by atoms with E-state index < -0.39 is 0 Å². The van der Waals surface area contributed by atoms with Crippen molar-refractivity contribution >= 4 is 0 Å². The molecular formula is C20H28O2. The van der Waals surface area contributed by atoms with Crippen molar-refractivity contribution < 1.29 is 9.47 Å². The molecule has 4 saturated carbocycles. The van der Waals surface area contributed by atoms with Gasteiger partial charge in [-0.25, -0.2) is 0 Å². The molecule has 22 heavy (non-hydrogen) atoms. The summed E-state index contributed by atoms with van der Waals surface area (Å²) in [6.07, 6.45) is 8.10. The Hall–Kier alpha value is -0.860. The summed E-state index contributed by atoms with van der Waals surface area (Å²) in [6, 6.07) is 8.58. The SMILES string of the molecule is Cc1ccc(COC(C)OC23CC4CC(CC(C4)C2)C3)cc1. The Morgan fingerprint density at radius 2 is 1.55 bits per heavy atom. The van der Waals surface area contributed by atoms with Gasteiger partial charge in [-0.1, -0.05) is 29.8 Å². The van der Waals surface area contributed by atoms with Crippen molar-refractivity contribution in [3.63, 3.8) is 0 Å². The number of ether oxygens (including phenoxy) is 2. The molecule has 0 saturated heterocycles. The smallest absolute Gasteiger partial charge is 0.155 e. The van der Waals surface area contributed by atoms with Crippen molar-refractivity contribution in [2.45, 2.75) is 70.9 Å². The zero-order valence-corrected chi connectivity index (χ0v) is 13.9. The van der Waals surface area contributed by atoms with E-state index in [9.17, 15) is 0 Å². The summed E-state index contributed by atoms with van der Waals surface area (Å²) >= 11 is 0. The Bertz CT molecular complexity index is 484. The fraction of sp³-hybridized carbons (Fsp3) is 0.700. The van der Waals surface area contributed by atoms with Gasteiger partial charge in [0, 0.05) is 0 Å². The summed E-state index contributed by atoms with van der Waals surface area (Å²) in [7, 11) is 0. The molecule has 0 heterocycles. The van der Waals surface area contributed by atoms with Crippen LogP contribution in [0.5, 0.6) is 0 Å². The van der Waals surface area contributed by atoms with Crippen LogP contribution in [0.2, 0.25) is 0 Å². The molecule has 4 bridgehead atoms. The van der Waals surface area contributed by atoms with Gasteiger partial charge in [-0.3, -0.25) is 0 Å². The maximum Gasteiger partial charge on any atom is 0.155 e. The van der Waals surface area contributed by atoms with E-state index in [0.717, 1.165) is 17.8 Å². The van der Waals surface area contributed by atoms with E-state index in [1.165, 1.54) is 49.7 Å². The summed E-state index contributed by atoms with van der Waals surface area (Å²) in [5, 5.41) is 0. The molecule has 1 atom stereocenters. The molecule has 5 rings (SSSR count). The van der Waals surface area contributed by atoms with Gasteiger partial charge in [0.2, 0.25) is 0 Å². The fourth-order valence-corrected chi connectivity index (χ4v) is 5.46. The van der Waals surface area contributed by atoms with Crippen LogP contribution in [-0.4, -0.2) is 11.9 Å². The number of hydrogen-bond acceptors (Lipinski definition) is 2. The second-order valence-electron chi connectivity index (χ2n) is 8.08. The van der Waals surface area contributed by atoms with E-state index in [1.54, 1.807) is 0 Å². The second kappa shape index (κ2) is 5.65. The molecule has 0 aliphatic heterocycles. The first-order valence-corrected chi connectivity index (χ1v) is 8.95. The molecule has 120 valence electrons. The van der Waals surface area contributed by atoms with Crippen molar-refractivity contribution in [2.75, 3.05) is 0 Å². The van der Waals surface area contributed by atoms with Crippen LogP contribution in [-0.2, 0) is 16.1 Å². The topological polar surface area (TPSA) is 18.5 Å². The Morgan fingerprint density at radius 3 is 2.09 bits per heavy atom. The monoisotopic (exact) mass is 300 g/mol. The first-order valence-electron chi connectivity index (χ1n) is 8.95. The minimum absolute atomic E-state index is 0.0995. The lowest BCUT2D eigenvalue weighted by Crippen LogP contribution is -2.53. The molecule has 0 aromatic heterocycles. The lowest BCUT2D eigenvalue weighted by atomic mass is 9.54. The fourth-order valence-electron chi connectivity index (χ4n) is 5.46. The zero-order valence-electron chi connectivity index (χ0n) is 13.9. The van der Waals surface area contributed by atoms with E-state index in [0.29, 0.717) is 6.61 Å². The number of hydrogen-bond donors (Lipinski definition) is 0. The first-order chi connectivity index (χ1) is 10.6. The number of rotatable bonds is 5. The van der Waals surface area contributed by atoms with Crippen LogP contribution in [0.15, 0.2) is 24.3 Å². The first kappa shape index (κ1) is 14.7. The van der Waals surface area contributed by atoms with Crippen LogP contribution in [0.3, 0.4) is 0 Å². The van der Waals surface area contributed by atoms with Gasteiger partial charge < -0.3 is 9.47 Å². The van der Waals surface area contributed by atoms with Crippen LogP contribution in [0, 0.1) is 24.7 Å². The lowest BCUT2D eigenvalue weighted by molar-refractivity contribution is -0.252. The Balaban J connectivity index is 1.34. The zero-order chi connectivity index (χ0) is 15.2. The highest BCUT2D eigenvalue weighted by Gasteiger charge is 2.52. The maximum absolute atomic E-state index is 6.47. The highest BCUT2D eigenvalue weighted by atomic mass is 16.7. The van der Waals surface area contributed by atoms with E-state index in [2.05, 4.69) is 38.1 Å². The van der Waals surface area contributed by atoms with Crippen LogP contribution in [0.1, 0.15) is 56.6 Å². The average Bonchev–Trinajstić information content (AvgIpc) is 2.44. The van der Waals surface area contributed by atoms with Crippen LogP contribution >= 0.6 is 0 Å². The third-order valence-corrected chi connectivity index (χ3v) is 6.00. The Labute approximate surface area is 134 Å². The molecule has 0 N–H and O–H groups in total. The minimum Gasteiger partial charge on any atom is -0.348 e. The molecule has 0 spiro atoms. The molecule has 1 aromatic rings. The number of aryl methyl sites for hydroxylation is 1. The average molecular weight is 300 g/mol. The summed E-state index contributed by atoms with van der Waals surface area (Å²) in [6.45, 7) is 4.84. The van der Waals surface area contributed by atoms with Crippen molar-refractivity contribution in [3.05, 3.63) is 35.4 Å². The quantitative estimate of drug-likeness (QED) is 0.724. The maximum atomic E-state index is 6.47. The largest absolute Gasteiger partial charge is 0.348 e. The van der Waals surface area contributed by atoms with Crippen molar-refractivity contribution in [1.29, 1.82) is 0 Å². The van der Waals surface area contributed by atoms with Crippen LogP contribution < -0.4 is 0 Å². The van der Waals surface area contributed by atoms with Gasteiger partial charge in [-0.05, 0) is 75.7 Å². The van der Waals surface area contributed by atoms with E-state index >= 15 is 0 Å². The Kier molecular flexibility index (Phi) is 3.78. The van der Waals surface area contributed by atoms with Gasteiger partial charge in [0.25, 0.3) is 0 Å². The van der Waals surface area contributed by atoms with Crippen molar-refractivity contribution in [2.24, 2.45) is 17.8 Å². The van der Waals surface area contributed by atoms with Gasteiger partial charge in [-0.15, -0.1) is 0 Å². The van der Waals surface area contributed by atoms with Crippen LogP contribution in [0.25, 0.3) is 0 Å². The summed E-state index contributed by atoms with van der Waals surface area (Å²) < 4.78 is 12.5. The molecule has 1 unspecified atom stereocenters.